The van der Waals surface area contributed by atoms with E-state index >= 15 is 0 Å². The van der Waals surface area contributed by atoms with Gasteiger partial charge in [-0.2, -0.15) is 13.2 Å². The number of rotatable bonds is 4. The highest BCUT2D eigenvalue weighted by Gasteiger charge is 2.36. The first-order valence-corrected chi connectivity index (χ1v) is 8.85. The number of aromatic nitrogens is 1. The van der Waals surface area contributed by atoms with Gasteiger partial charge in [-0.1, -0.05) is 25.0 Å². The van der Waals surface area contributed by atoms with Crippen molar-refractivity contribution in [3.63, 3.8) is 0 Å². The molecule has 1 saturated carbocycles. The van der Waals surface area contributed by atoms with Crippen LogP contribution in [0, 0.1) is 0 Å². The van der Waals surface area contributed by atoms with Gasteiger partial charge in [-0.05, 0) is 25.0 Å². The lowest BCUT2D eigenvalue weighted by molar-refractivity contribution is -0.137. The van der Waals surface area contributed by atoms with E-state index in [1.165, 1.54) is 23.5 Å². The number of thiazole rings is 1. The number of alkyl halides is 3. The average molecular weight is 406 g/mol. The number of amides is 1. The van der Waals surface area contributed by atoms with Crippen molar-refractivity contribution in [1.82, 2.24) is 10.3 Å². The molecule has 0 saturated heterocycles. The molecule has 1 amide bonds. The van der Waals surface area contributed by atoms with Crippen molar-refractivity contribution in [2.24, 2.45) is 5.73 Å². The van der Waals surface area contributed by atoms with E-state index < -0.39 is 17.3 Å². The van der Waals surface area contributed by atoms with Crippen LogP contribution in [-0.4, -0.2) is 16.4 Å². The topological polar surface area (TPSA) is 68.0 Å². The Morgan fingerprint density at radius 1 is 1.23 bits per heavy atom. The molecule has 0 unspecified atom stereocenters. The normalized spacial score (nSPS) is 16.2. The van der Waals surface area contributed by atoms with E-state index in [9.17, 15) is 18.0 Å². The maximum atomic E-state index is 12.6. The van der Waals surface area contributed by atoms with Crippen molar-refractivity contribution in [3.8, 4) is 10.6 Å². The molecule has 0 aliphatic heterocycles. The van der Waals surface area contributed by atoms with Crippen LogP contribution in [0.1, 0.15) is 36.9 Å². The number of halogens is 4. The number of hydrogen-bond acceptors (Lipinski definition) is 4. The van der Waals surface area contributed by atoms with E-state index in [0.29, 0.717) is 29.1 Å². The Hall–Kier alpha value is -1.64. The van der Waals surface area contributed by atoms with Gasteiger partial charge in [0.25, 0.3) is 0 Å². The third-order valence-corrected chi connectivity index (χ3v) is 5.33. The van der Waals surface area contributed by atoms with Crippen LogP contribution in [0.15, 0.2) is 29.6 Å². The van der Waals surface area contributed by atoms with Crippen LogP contribution in [0.2, 0.25) is 0 Å². The summed E-state index contributed by atoms with van der Waals surface area (Å²) in [5, 5.41) is 5.20. The summed E-state index contributed by atoms with van der Waals surface area (Å²) in [7, 11) is 0. The Morgan fingerprint density at radius 2 is 1.85 bits per heavy atom. The Bertz CT molecular complexity index is 755. The number of hydrogen-bond donors (Lipinski definition) is 2. The summed E-state index contributed by atoms with van der Waals surface area (Å²) in [6, 6.07) is 4.88. The summed E-state index contributed by atoms with van der Waals surface area (Å²) in [6.07, 6.45) is -1.06. The quantitative estimate of drug-likeness (QED) is 0.803. The van der Waals surface area contributed by atoms with Gasteiger partial charge in [-0.15, -0.1) is 23.7 Å². The van der Waals surface area contributed by atoms with Gasteiger partial charge in [0.05, 0.1) is 23.3 Å². The van der Waals surface area contributed by atoms with E-state index in [1.807, 2.05) is 0 Å². The predicted octanol–water partition coefficient (Wildman–Crippen LogP) is 4.14. The van der Waals surface area contributed by atoms with Gasteiger partial charge in [0.1, 0.15) is 5.01 Å². The van der Waals surface area contributed by atoms with E-state index in [-0.39, 0.29) is 24.9 Å². The number of nitrogens with two attached hydrogens (primary N) is 1. The summed E-state index contributed by atoms with van der Waals surface area (Å²) in [5.41, 5.74) is 5.89. The molecule has 0 spiro atoms. The first kappa shape index (κ1) is 20.7. The van der Waals surface area contributed by atoms with Crippen LogP contribution in [0.4, 0.5) is 13.2 Å². The second-order valence-corrected chi connectivity index (χ2v) is 7.12. The van der Waals surface area contributed by atoms with Crippen LogP contribution in [0.3, 0.4) is 0 Å². The molecule has 1 aliphatic rings. The minimum Gasteiger partial charge on any atom is -0.349 e. The molecule has 0 atom stereocenters. The second kappa shape index (κ2) is 7.94. The Morgan fingerprint density at radius 3 is 2.42 bits per heavy atom. The highest BCUT2D eigenvalue weighted by Crippen LogP contribution is 2.32. The van der Waals surface area contributed by atoms with E-state index in [0.717, 1.165) is 25.0 Å². The van der Waals surface area contributed by atoms with Crippen molar-refractivity contribution >= 4 is 29.7 Å². The van der Waals surface area contributed by atoms with Crippen LogP contribution in [0.5, 0.6) is 0 Å². The number of nitrogens with one attached hydrogen (secondary N) is 1. The Balaban J connectivity index is 0.00000243. The summed E-state index contributed by atoms with van der Waals surface area (Å²) in [6.45, 7) is 0.259. The molecular formula is C17H19ClF3N3OS. The molecule has 1 aromatic heterocycles. The van der Waals surface area contributed by atoms with Crippen molar-refractivity contribution in [3.05, 3.63) is 40.9 Å². The molecular weight excluding hydrogens is 387 g/mol. The summed E-state index contributed by atoms with van der Waals surface area (Å²) in [5.74, 6) is -0.172. The van der Waals surface area contributed by atoms with Gasteiger partial charge >= 0.3 is 6.18 Å². The van der Waals surface area contributed by atoms with Crippen LogP contribution in [0.25, 0.3) is 10.6 Å². The molecule has 26 heavy (non-hydrogen) atoms. The molecule has 0 bridgehead atoms. The first-order chi connectivity index (χ1) is 11.8. The molecule has 0 radical (unpaired) electrons. The number of nitrogens with zero attached hydrogens (tertiary/aromatic N) is 1. The fourth-order valence-corrected chi connectivity index (χ4v) is 3.73. The molecule has 9 heteroatoms. The Kier molecular flexibility index (Phi) is 6.31. The van der Waals surface area contributed by atoms with E-state index in [1.54, 1.807) is 5.38 Å². The minimum atomic E-state index is -4.35. The monoisotopic (exact) mass is 405 g/mol. The maximum absolute atomic E-state index is 12.6. The fourth-order valence-electron chi connectivity index (χ4n) is 2.90. The minimum absolute atomic E-state index is 0. The fraction of sp³-hybridized carbons (Fsp3) is 0.412. The van der Waals surface area contributed by atoms with Gasteiger partial charge in [0.15, 0.2) is 0 Å². The van der Waals surface area contributed by atoms with Crippen molar-refractivity contribution in [1.29, 1.82) is 0 Å². The third-order valence-electron chi connectivity index (χ3n) is 4.39. The molecule has 3 rings (SSSR count). The molecule has 1 fully saturated rings. The molecule has 1 aromatic carbocycles. The number of carbonyl (C=O) groups is 1. The lowest BCUT2D eigenvalue weighted by Gasteiger charge is -2.21. The van der Waals surface area contributed by atoms with Crippen LogP contribution in [-0.2, 0) is 17.5 Å². The first-order valence-electron chi connectivity index (χ1n) is 7.97. The molecule has 4 nitrogen and oxygen atoms in total. The lowest BCUT2D eigenvalue weighted by Crippen LogP contribution is -2.51. The maximum Gasteiger partial charge on any atom is 0.416 e. The zero-order valence-corrected chi connectivity index (χ0v) is 15.4. The van der Waals surface area contributed by atoms with Gasteiger partial charge in [-0.3, -0.25) is 4.79 Å². The molecule has 3 N–H and O–H groups in total. The zero-order chi connectivity index (χ0) is 18.1. The molecule has 1 aliphatic carbocycles. The third kappa shape index (κ3) is 4.55. The van der Waals surface area contributed by atoms with Crippen LogP contribution < -0.4 is 11.1 Å². The number of benzene rings is 1. The largest absolute Gasteiger partial charge is 0.416 e. The molecule has 1 heterocycles. The van der Waals surface area contributed by atoms with E-state index in [4.69, 9.17) is 5.73 Å². The summed E-state index contributed by atoms with van der Waals surface area (Å²) < 4.78 is 37.8. The smallest absolute Gasteiger partial charge is 0.349 e. The van der Waals surface area contributed by atoms with Crippen molar-refractivity contribution in [2.45, 2.75) is 43.9 Å². The van der Waals surface area contributed by atoms with Gasteiger partial charge in [-0.25, -0.2) is 4.98 Å². The Labute approximate surface area is 159 Å². The molecule has 2 aromatic rings. The van der Waals surface area contributed by atoms with Gasteiger partial charge in [0.2, 0.25) is 5.91 Å². The highest BCUT2D eigenvalue weighted by molar-refractivity contribution is 7.13. The summed E-state index contributed by atoms with van der Waals surface area (Å²) >= 11 is 1.32. The van der Waals surface area contributed by atoms with Crippen molar-refractivity contribution in [2.75, 3.05) is 0 Å². The van der Waals surface area contributed by atoms with E-state index in [2.05, 4.69) is 10.3 Å². The zero-order valence-electron chi connectivity index (χ0n) is 13.8. The second-order valence-electron chi connectivity index (χ2n) is 6.27. The van der Waals surface area contributed by atoms with Gasteiger partial charge in [0, 0.05) is 10.9 Å². The molecule has 142 valence electrons. The predicted molar refractivity (Wildman–Crippen MR) is 97.0 cm³/mol. The summed E-state index contributed by atoms with van der Waals surface area (Å²) in [4.78, 5) is 16.6. The van der Waals surface area contributed by atoms with Crippen LogP contribution >= 0.6 is 23.7 Å². The number of carbonyl (C=O) groups excluding carboxylic acids is 1. The SMILES string of the molecule is Cl.NC1(C(=O)NCc2csc(-c3ccc(C(F)(F)F)cc3)n2)CCCC1. The lowest BCUT2D eigenvalue weighted by atomic mass is 9.98. The van der Waals surface area contributed by atoms with Gasteiger partial charge < -0.3 is 11.1 Å². The standard InChI is InChI=1S/C17H18F3N3OS.ClH/c18-17(19,20)12-5-3-11(4-6-12)14-23-13(10-25-14)9-22-15(24)16(21)7-1-2-8-16;/h3-6,10H,1-2,7-9,21H2,(H,22,24);1H. The highest BCUT2D eigenvalue weighted by atomic mass is 35.5. The van der Waals surface area contributed by atoms with Crippen molar-refractivity contribution < 1.29 is 18.0 Å². The average Bonchev–Trinajstić information content (AvgIpc) is 3.22.